The summed E-state index contributed by atoms with van der Waals surface area (Å²) in [4.78, 5) is 12.4. The Morgan fingerprint density at radius 1 is 1.35 bits per heavy atom. The smallest absolute Gasteiger partial charge is 0.258 e. The van der Waals surface area contributed by atoms with Crippen LogP contribution in [0.1, 0.15) is 48.8 Å². The van der Waals surface area contributed by atoms with Gasteiger partial charge in [-0.2, -0.15) is 0 Å². The molecule has 1 aliphatic rings. The summed E-state index contributed by atoms with van der Waals surface area (Å²) >= 11 is 0. The summed E-state index contributed by atoms with van der Waals surface area (Å²) in [6.45, 7) is 6.14. The van der Waals surface area contributed by atoms with Gasteiger partial charge in [0, 0.05) is 11.1 Å². The van der Waals surface area contributed by atoms with Crippen molar-refractivity contribution in [3.05, 3.63) is 41.1 Å². The molecular weight excluding hydrogens is 292 g/mol. The molecule has 1 aliphatic carbocycles. The van der Waals surface area contributed by atoms with Crippen LogP contribution in [-0.4, -0.2) is 17.2 Å². The van der Waals surface area contributed by atoms with Crippen LogP contribution in [0, 0.1) is 5.92 Å². The first-order valence-corrected chi connectivity index (χ1v) is 8.08. The van der Waals surface area contributed by atoms with Gasteiger partial charge in [-0.05, 0) is 63.3 Å². The third-order valence-electron chi connectivity index (χ3n) is 4.01. The molecule has 1 heterocycles. The van der Waals surface area contributed by atoms with Crippen molar-refractivity contribution in [3.8, 4) is 5.75 Å². The molecule has 1 amide bonds. The van der Waals surface area contributed by atoms with Gasteiger partial charge in [0.1, 0.15) is 5.75 Å². The summed E-state index contributed by atoms with van der Waals surface area (Å²) in [5, 5.41) is 6.91. The number of nitrogens with one attached hydrogen (secondary N) is 1. The molecular formula is C18H22N2O3. The number of amides is 1. The summed E-state index contributed by atoms with van der Waals surface area (Å²) in [6, 6.07) is 7.09. The second kappa shape index (κ2) is 6.44. The van der Waals surface area contributed by atoms with Gasteiger partial charge in [0.25, 0.3) is 5.91 Å². The lowest BCUT2D eigenvalue weighted by atomic mass is 9.89. The predicted octanol–water partition coefficient (Wildman–Crippen LogP) is 3.84. The number of carbonyl (C=O) groups excluding carboxylic acids is 1. The van der Waals surface area contributed by atoms with Gasteiger partial charge in [0.05, 0.1) is 11.8 Å². The number of benzene rings is 1. The molecule has 0 saturated carbocycles. The molecule has 0 spiro atoms. The topological polar surface area (TPSA) is 64.4 Å². The number of carbonyl (C=O) groups is 1. The van der Waals surface area contributed by atoms with E-state index in [1.807, 2.05) is 13.8 Å². The van der Waals surface area contributed by atoms with Crippen LogP contribution in [0.4, 0.5) is 5.88 Å². The molecule has 0 saturated heterocycles. The van der Waals surface area contributed by atoms with E-state index in [-0.39, 0.29) is 12.0 Å². The van der Waals surface area contributed by atoms with Crippen molar-refractivity contribution < 1.29 is 14.1 Å². The third kappa shape index (κ3) is 3.55. The van der Waals surface area contributed by atoms with Crippen molar-refractivity contribution in [2.75, 3.05) is 5.32 Å². The summed E-state index contributed by atoms with van der Waals surface area (Å²) in [6.07, 6.45) is 3.04. The van der Waals surface area contributed by atoms with Crippen molar-refractivity contribution in [1.82, 2.24) is 5.16 Å². The summed E-state index contributed by atoms with van der Waals surface area (Å²) in [7, 11) is 0. The van der Waals surface area contributed by atoms with Crippen LogP contribution in [0.15, 0.2) is 28.8 Å². The Morgan fingerprint density at radius 2 is 2.09 bits per heavy atom. The minimum Gasteiger partial charge on any atom is -0.491 e. The first kappa shape index (κ1) is 15.6. The van der Waals surface area contributed by atoms with E-state index in [9.17, 15) is 4.79 Å². The Kier molecular flexibility index (Phi) is 4.37. The lowest BCUT2D eigenvalue weighted by Gasteiger charge is -2.16. The molecule has 1 aromatic carbocycles. The quantitative estimate of drug-likeness (QED) is 0.931. The summed E-state index contributed by atoms with van der Waals surface area (Å²) < 4.78 is 10.9. The van der Waals surface area contributed by atoms with E-state index in [4.69, 9.17) is 9.26 Å². The Labute approximate surface area is 136 Å². The van der Waals surface area contributed by atoms with Gasteiger partial charge >= 0.3 is 0 Å². The second-order valence-corrected chi connectivity index (χ2v) is 6.43. The van der Waals surface area contributed by atoms with Gasteiger partial charge in [-0.25, -0.2) is 0 Å². The zero-order valence-electron chi connectivity index (χ0n) is 13.8. The predicted molar refractivity (Wildman–Crippen MR) is 87.9 cm³/mol. The number of aromatic nitrogens is 1. The van der Waals surface area contributed by atoms with E-state index in [2.05, 4.69) is 17.4 Å². The summed E-state index contributed by atoms with van der Waals surface area (Å²) in [5.41, 5.74) is 2.58. The number of fused-ring (bicyclic) bond motifs is 1. The van der Waals surface area contributed by atoms with Gasteiger partial charge in [0.2, 0.25) is 5.88 Å². The molecule has 5 heteroatoms. The fraction of sp³-hybridized carbons (Fsp3) is 0.444. The molecule has 2 aromatic rings. The van der Waals surface area contributed by atoms with Crippen LogP contribution < -0.4 is 10.1 Å². The van der Waals surface area contributed by atoms with Crippen molar-refractivity contribution in [3.63, 3.8) is 0 Å². The lowest BCUT2D eigenvalue weighted by molar-refractivity contribution is 0.102. The maximum Gasteiger partial charge on any atom is 0.258 e. The Balaban J connectivity index is 1.71. The zero-order chi connectivity index (χ0) is 16.4. The van der Waals surface area contributed by atoms with Gasteiger partial charge in [0.15, 0.2) is 0 Å². The molecule has 1 aromatic heterocycles. The van der Waals surface area contributed by atoms with Gasteiger partial charge in [-0.3, -0.25) is 10.1 Å². The monoisotopic (exact) mass is 314 g/mol. The Morgan fingerprint density at radius 3 is 2.78 bits per heavy atom. The SMILES string of the molecule is CC1CCc2noc(NC(=O)c3ccc(OC(C)C)cc3)c2C1. The summed E-state index contributed by atoms with van der Waals surface area (Å²) in [5.74, 6) is 1.63. The fourth-order valence-corrected chi connectivity index (χ4v) is 2.81. The van der Waals surface area contributed by atoms with Crippen LogP contribution in [0.3, 0.4) is 0 Å². The van der Waals surface area contributed by atoms with Crippen LogP contribution in [0.25, 0.3) is 0 Å². The molecule has 1 unspecified atom stereocenters. The van der Waals surface area contributed by atoms with Crippen LogP contribution in [-0.2, 0) is 12.8 Å². The van der Waals surface area contributed by atoms with Crippen molar-refractivity contribution in [2.24, 2.45) is 5.92 Å². The molecule has 0 fully saturated rings. The fourth-order valence-electron chi connectivity index (χ4n) is 2.81. The second-order valence-electron chi connectivity index (χ2n) is 6.43. The standard InChI is InChI=1S/C18H22N2O3/c1-11(2)22-14-7-5-13(6-8-14)17(21)19-18-15-10-12(3)4-9-16(15)20-23-18/h5-8,11-12H,4,9-10H2,1-3H3,(H,19,21). The maximum absolute atomic E-state index is 12.4. The number of hydrogen-bond donors (Lipinski definition) is 1. The zero-order valence-corrected chi connectivity index (χ0v) is 13.8. The number of hydrogen-bond acceptors (Lipinski definition) is 4. The molecule has 0 bridgehead atoms. The average molecular weight is 314 g/mol. The normalized spacial score (nSPS) is 17.0. The van der Waals surface area contributed by atoms with E-state index >= 15 is 0 Å². The first-order valence-electron chi connectivity index (χ1n) is 8.08. The van der Waals surface area contributed by atoms with Crippen LogP contribution >= 0.6 is 0 Å². The van der Waals surface area contributed by atoms with Gasteiger partial charge in [-0.1, -0.05) is 12.1 Å². The van der Waals surface area contributed by atoms with E-state index in [0.29, 0.717) is 17.4 Å². The largest absolute Gasteiger partial charge is 0.491 e. The number of rotatable bonds is 4. The molecule has 3 rings (SSSR count). The maximum atomic E-state index is 12.4. The molecule has 122 valence electrons. The van der Waals surface area contributed by atoms with E-state index in [1.165, 1.54) is 0 Å². The molecule has 1 N–H and O–H groups in total. The van der Waals surface area contributed by atoms with Gasteiger partial charge in [-0.15, -0.1) is 0 Å². The number of ether oxygens (including phenoxy) is 1. The highest BCUT2D eigenvalue weighted by Gasteiger charge is 2.24. The van der Waals surface area contributed by atoms with E-state index in [1.54, 1.807) is 24.3 Å². The molecule has 0 aliphatic heterocycles. The van der Waals surface area contributed by atoms with Crippen LogP contribution in [0.2, 0.25) is 0 Å². The first-order chi connectivity index (χ1) is 11.0. The number of nitrogens with zero attached hydrogens (tertiary/aromatic N) is 1. The highest BCUT2D eigenvalue weighted by molar-refractivity contribution is 6.04. The van der Waals surface area contributed by atoms with Crippen molar-refractivity contribution in [2.45, 2.75) is 46.1 Å². The number of aryl methyl sites for hydroxylation is 1. The van der Waals surface area contributed by atoms with E-state index < -0.39 is 0 Å². The number of anilines is 1. The molecule has 5 nitrogen and oxygen atoms in total. The highest BCUT2D eigenvalue weighted by Crippen LogP contribution is 2.30. The Hall–Kier alpha value is -2.30. The van der Waals surface area contributed by atoms with Crippen molar-refractivity contribution in [1.29, 1.82) is 0 Å². The molecule has 0 radical (unpaired) electrons. The van der Waals surface area contributed by atoms with Crippen LogP contribution in [0.5, 0.6) is 5.75 Å². The van der Waals surface area contributed by atoms with E-state index in [0.717, 1.165) is 36.3 Å². The van der Waals surface area contributed by atoms with Crippen molar-refractivity contribution >= 4 is 11.8 Å². The minimum atomic E-state index is -0.196. The average Bonchev–Trinajstić information content (AvgIpc) is 2.89. The third-order valence-corrected chi connectivity index (χ3v) is 4.01. The van der Waals surface area contributed by atoms with Gasteiger partial charge < -0.3 is 9.26 Å². The highest BCUT2D eigenvalue weighted by atomic mass is 16.5. The lowest BCUT2D eigenvalue weighted by Crippen LogP contribution is -2.15. The molecule has 23 heavy (non-hydrogen) atoms. The Bertz CT molecular complexity index is 689. The molecule has 1 atom stereocenters. The minimum absolute atomic E-state index is 0.109.